The van der Waals surface area contributed by atoms with Gasteiger partial charge >= 0.3 is 0 Å². The molecule has 0 bridgehead atoms. The van der Waals surface area contributed by atoms with Gasteiger partial charge < -0.3 is 9.47 Å². The van der Waals surface area contributed by atoms with Crippen LogP contribution in [0.1, 0.15) is 97.8 Å². The predicted octanol–water partition coefficient (Wildman–Crippen LogP) is 6.38. The van der Waals surface area contributed by atoms with Gasteiger partial charge in [-0.2, -0.15) is 0 Å². The molecule has 0 unspecified atom stereocenters. The third-order valence-electron chi connectivity index (χ3n) is 4.09. The Bertz CT molecular complexity index is 174. The highest BCUT2D eigenvalue weighted by Crippen LogP contribution is 2.07. The third kappa shape index (κ3) is 18.0. The molecule has 0 saturated heterocycles. The van der Waals surface area contributed by atoms with Gasteiger partial charge in [-0.3, -0.25) is 0 Å². The van der Waals surface area contributed by atoms with Crippen molar-refractivity contribution >= 4 is 0 Å². The fourth-order valence-corrected chi connectivity index (χ4v) is 2.59. The molecule has 2 heteroatoms. The van der Waals surface area contributed by atoms with Crippen molar-refractivity contribution in [1.29, 1.82) is 0 Å². The van der Waals surface area contributed by atoms with Crippen molar-refractivity contribution in [1.82, 2.24) is 0 Å². The molecule has 134 valence electrons. The number of hydrogen-bond acceptors (Lipinski definition) is 2. The maximum absolute atomic E-state index is 5.74. The van der Waals surface area contributed by atoms with Crippen molar-refractivity contribution in [2.24, 2.45) is 5.92 Å². The molecule has 0 aliphatic carbocycles. The van der Waals surface area contributed by atoms with Crippen molar-refractivity contribution in [3.8, 4) is 0 Å². The largest absolute Gasteiger partial charge is 0.381 e. The van der Waals surface area contributed by atoms with E-state index in [4.69, 9.17) is 9.47 Å². The molecule has 0 aromatic heterocycles. The van der Waals surface area contributed by atoms with Crippen LogP contribution in [-0.4, -0.2) is 26.4 Å². The SMILES string of the molecule is CCCCCCCCOCC(C)COCCCCCCCC. The maximum atomic E-state index is 5.74. The number of ether oxygens (including phenoxy) is 2. The second-order valence-corrected chi connectivity index (χ2v) is 6.79. The summed E-state index contributed by atoms with van der Waals surface area (Å²) in [5, 5.41) is 0. The monoisotopic (exact) mass is 314 g/mol. The van der Waals surface area contributed by atoms with E-state index in [9.17, 15) is 0 Å². The lowest BCUT2D eigenvalue weighted by Crippen LogP contribution is -2.14. The Morgan fingerprint density at radius 1 is 0.545 bits per heavy atom. The molecule has 0 rings (SSSR count). The molecule has 0 aliphatic rings. The summed E-state index contributed by atoms with van der Waals surface area (Å²) in [6.07, 6.45) is 16.0. The highest BCUT2D eigenvalue weighted by Gasteiger charge is 2.02. The van der Waals surface area contributed by atoms with E-state index in [0.29, 0.717) is 5.92 Å². The zero-order valence-corrected chi connectivity index (χ0v) is 15.7. The summed E-state index contributed by atoms with van der Waals surface area (Å²) in [5.74, 6) is 0.528. The molecule has 0 spiro atoms. The highest BCUT2D eigenvalue weighted by atomic mass is 16.5. The summed E-state index contributed by atoms with van der Waals surface area (Å²) in [6.45, 7) is 10.3. The standard InChI is InChI=1S/C20H42O2/c1-4-6-8-10-12-14-16-21-18-20(3)19-22-17-15-13-11-9-7-5-2/h20H,4-19H2,1-3H3. The van der Waals surface area contributed by atoms with Crippen LogP contribution in [0.4, 0.5) is 0 Å². The first-order valence-electron chi connectivity index (χ1n) is 9.96. The van der Waals surface area contributed by atoms with Crippen LogP contribution >= 0.6 is 0 Å². The summed E-state index contributed by atoms with van der Waals surface area (Å²) in [5.41, 5.74) is 0. The second kappa shape index (κ2) is 19.0. The molecule has 2 nitrogen and oxygen atoms in total. The Morgan fingerprint density at radius 2 is 0.909 bits per heavy atom. The Kier molecular flexibility index (Phi) is 18.9. The van der Waals surface area contributed by atoms with Crippen molar-refractivity contribution in [3.05, 3.63) is 0 Å². The summed E-state index contributed by atoms with van der Waals surface area (Å²) < 4.78 is 11.5. The van der Waals surface area contributed by atoms with Gasteiger partial charge in [0, 0.05) is 19.1 Å². The van der Waals surface area contributed by atoms with E-state index < -0.39 is 0 Å². The van der Waals surface area contributed by atoms with Gasteiger partial charge in [0.1, 0.15) is 0 Å². The molecule has 0 radical (unpaired) electrons. The number of unbranched alkanes of at least 4 members (excludes halogenated alkanes) is 10. The lowest BCUT2D eigenvalue weighted by Gasteiger charge is -2.12. The van der Waals surface area contributed by atoms with Gasteiger partial charge in [0.2, 0.25) is 0 Å². The van der Waals surface area contributed by atoms with Gasteiger partial charge in [-0.05, 0) is 12.8 Å². The Hall–Kier alpha value is -0.0800. The van der Waals surface area contributed by atoms with Crippen molar-refractivity contribution < 1.29 is 9.47 Å². The number of rotatable bonds is 18. The molecular weight excluding hydrogens is 272 g/mol. The molecule has 22 heavy (non-hydrogen) atoms. The summed E-state index contributed by atoms with van der Waals surface area (Å²) in [7, 11) is 0. The summed E-state index contributed by atoms with van der Waals surface area (Å²) in [4.78, 5) is 0. The average molecular weight is 315 g/mol. The minimum absolute atomic E-state index is 0.528. The van der Waals surface area contributed by atoms with E-state index in [2.05, 4.69) is 20.8 Å². The molecule has 0 atom stereocenters. The molecule has 0 aliphatic heterocycles. The Balaban J connectivity index is 3.11. The normalized spacial score (nSPS) is 11.5. The van der Waals surface area contributed by atoms with Crippen LogP contribution in [-0.2, 0) is 9.47 Å². The first-order valence-corrected chi connectivity index (χ1v) is 9.96. The molecule has 0 fully saturated rings. The van der Waals surface area contributed by atoms with Crippen molar-refractivity contribution in [3.63, 3.8) is 0 Å². The van der Waals surface area contributed by atoms with Crippen LogP contribution in [0.15, 0.2) is 0 Å². The van der Waals surface area contributed by atoms with Crippen LogP contribution in [0.3, 0.4) is 0 Å². The van der Waals surface area contributed by atoms with Gasteiger partial charge in [-0.25, -0.2) is 0 Å². The zero-order valence-electron chi connectivity index (χ0n) is 15.7. The van der Waals surface area contributed by atoms with Crippen LogP contribution < -0.4 is 0 Å². The Labute approximate surface area is 140 Å². The third-order valence-corrected chi connectivity index (χ3v) is 4.09. The quantitative estimate of drug-likeness (QED) is 0.273. The Morgan fingerprint density at radius 3 is 1.32 bits per heavy atom. The fraction of sp³-hybridized carbons (Fsp3) is 1.00. The van der Waals surface area contributed by atoms with Crippen LogP contribution in [0.2, 0.25) is 0 Å². The topological polar surface area (TPSA) is 18.5 Å². The maximum Gasteiger partial charge on any atom is 0.0513 e. The average Bonchev–Trinajstić information content (AvgIpc) is 2.52. The summed E-state index contributed by atoms with van der Waals surface area (Å²) in [6, 6.07) is 0. The van der Waals surface area contributed by atoms with E-state index >= 15 is 0 Å². The second-order valence-electron chi connectivity index (χ2n) is 6.79. The van der Waals surface area contributed by atoms with E-state index in [-0.39, 0.29) is 0 Å². The molecule has 0 N–H and O–H groups in total. The molecule has 0 amide bonds. The molecule has 0 aromatic rings. The van der Waals surface area contributed by atoms with Crippen molar-refractivity contribution in [2.45, 2.75) is 97.8 Å². The van der Waals surface area contributed by atoms with E-state index in [1.165, 1.54) is 77.0 Å². The van der Waals surface area contributed by atoms with E-state index in [0.717, 1.165) is 26.4 Å². The van der Waals surface area contributed by atoms with Gasteiger partial charge in [0.25, 0.3) is 0 Å². The van der Waals surface area contributed by atoms with Gasteiger partial charge in [-0.1, -0.05) is 85.0 Å². The molecule has 0 heterocycles. The van der Waals surface area contributed by atoms with Crippen LogP contribution in [0.25, 0.3) is 0 Å². The molecule has 0 aromatic carbocycles. The minimum Gasteiger partial charge on any atom is -0.381 e. The van der Waals surface area contributed by atoms with Gasteiger partial charge in [0.05, 0.1) is 13.2 Å². The smallest absolute Gasteiger partial charge is 0.0513 e. The molecule has 0 saturated carbocycles. The first kappa shape index (κ1) is 21.9. The van der Waals surface area contributed by atoms with E-state index in [1.54, 1.807) is 0 Å². The lowest BCUT2D eigenvalue weighted by atomic mass is 10.1. The minimum atomic E-state index is 0.528. The lowest BCUT2D eigenvalue weighted by molar-refractivity contribution is 0.0433. The van der Waals surface area contributed by atoms with Crippen LogP contribution in [0, 0.1) is 5.92 Å². The molecular formula is C20H42O2. The fourth-order valence-electron chi connectivity index (χ4n) is 2.59. The van der Waals surface area contributed by atoms with E-state index in [1.807, 2.05) is 0 Å². The summed E-state index contributed by atoms with van der Waals surface area (Å²) >= 11 is 0. The van der Waals surface area contributed by atoms with Crippen LogP contribution in [0.5, 0.6) is 0 Å². The zero-order chi connectivity index (χ0) is 16.3. The van der Waals surface area contributed by atoms with Gasteiger partial charge in [0.15, 0.2) is 0 Å². The highest BCUT2D eigenvalue weighted by molar-refractivity contribution is 4.50. The van der Waals surface area contributed by atoms with Crippen molar-refractivity contribution in [2.75, 3.05) is 26.4 Å². The van der Waals surface area contributed by atoms with Gasteiger partial charge in [-0.15, -0.1) is 0 Å². The predicted molar refractivity (Wildman–Crippen MR) is 97.6 cm³/mol. The number of hydrogen-bond donors (Lipinski definition) is 0. The first-order chi connectivity index (χ1) is 10.8.